The number of nitrogens with one attached hydrogen (secondary N) is 1. The number of aliphatic carboxylic acids is 1. The number of hydrogen-bond acceptors (Lipinski definition) is 2. The molecule has 1 aromatic carbocycles. The molecule has 0 fully saturated rings. The molecule has 4 nitrogen and oxygen atoms in total. The second-order valence-electron chi connectivity index (χ2n) is 3.60. The van der Waals surface area contributed by atoms with Crippen LogP contribution in [-0.2, 0) is 4.79 Å². The van der Waals surface area contributed by atoms with E-state index in [2.05, 4.69) is 5.32 Å². The van der Waals surface area contributed by atoms with E-state index in [1.54, 1.807) is 0 Å². The first kappa shape index (κ1) is 13.1. The van der Waals surface area contributed by atoms with Gasteiger partial charge < -0.3 is 10.4 Å². The van der Waals surface area contributed by atoms with Gasteiger partial charge in [0.25, 0.3) is 5.91 Å². The van der Waals surface area contributed by atoms with Gasteiger partial charge in [-0.05, 0) is 25.1 Å². The van der Waals surface area contributed by atoms with Gasteiger partial charge in [-0.2, -0.15) is 0 Å². The Bertz CT molecular complexity index is 448. The molecule has 1 amide bonds. The monoisotopic (exact) mass is 243 g/mol. The summed E-state index contributed by atoms with van der Waals surface area (Å²) < 4.78 is 25.5. The van der Waals surface area contributed by atoms with Crippen LogP contribution in [0.3, 0.4) is 0 Å². The Morgan fingerprint density at radius 2 is 2.00 bits per heavy atom. The average Bonchev–Trinajstić information content (AvgIpc) is 2.20. The van der Waals surface area contributed by atoms with E-state index in [4.69, 9.17) is 5.11 Å². The first-order valence-electron chi connectivity index (χ1n) is 4.88. The highest BCUT2D eigenvalue weighted by molar-refractivity contribution is 5.94. The molecular weight excluding hydrogens is 232 g/mol. The smallest absolute Gasteiger partial charge is 0.305 e. The molecule has 0 heterocycles. The van der Waals surface area contributed by atoms with Crippen molar-refractivity contribution in [1.29, 1.82) is 0 Å². The quantitative estimate of drug-likeness (QED) is 0.843. The van der Waals surface area contributed by atoms with Gasteiger partial charge in [0.15, 0.2) is 11.6 Å². The van der Waals surface area contributed by atoms with Crippen LogP contribution in [0.15, 0.2) is 18.2 Å². The van der Waals surface area contributed by atoms with Gasteiger partial charge in [-0.15, -0.1) is 0 Å². The molecule has 17 heavy (non-hydrogen) atoms. The van der Waals surface area contributed by atoms with Gasteiger partial charge in [-0.1, -0.05) is 0 Å². The lowest BCUT2D eigenvalue weighted by molar-refractivity contribution is -0.137. The Morgan fingerprint density at radius 3 is 2.53 bits per heavy atom. The lowest BCUT2D eigenvalue weighted by Crippen LogP contribution is -2.34. The Kier molecular flexibility index (Phi) is 4.14. The highest BCUT2D eigenvalue weighted by Crippen LogP contribution is 2.08. The Labute approximate surface area is 96.3 Å². The van der Waals surface area contributed by atoms with Crippen molar-refractivity contribution in [1.82, 2.24) is 5.32 Å². The standard InChI is InChI=1S/C11H11F2NO3/c1-6(4-10(15)16)14-11(17)7-2-3-8(12)9(13)5-7/h2-3,5-6H,4H2,1H3,(H,14,17)(H,15,16). The number of carboxylic acid groups (broad SMARTS) is 1. The zero-order valence-corrected chi connectivity index (χ0v) is 9.04. The van der Waals surface area contributed by atoms with E-state index < -0.39 is 29.6 Å². The molecule has 0 saturated carbocycles. The van der Waals surface area contributed by atoms with E-state index in [0.717, 1.165) is 18.2 Å². The largest absolute Gasteiger partial charge is 0.481 e. The third-order valence-corrected chi connectivity index (χ3v) is 2.04. The van der Waals surface area contributed by atoms with Gasteiger partial charge in [0.2, 0.25) is 0 Å². The number of hydrogen-bond donors (Lipinski definition) is 2. The molecule has 92 valence electrons. The van der Waals surface area contributed by atoms with Crippen LogP contribution in [0.2, 0.25) is 0 Å². The van der Waals surface area contributed by atoms with E-state index in [9.17, 15) is 18.4 Å². The van der Waals surface area contributed by atoms with E-state index in [1.165, 1.54) is 6.92 Å². The molecule has 0 aliphatic rings. The summed E-state index contributed by atoms with van der Waals surface area (Å²) in [6.45, 7) is 1.51. The predicted octanol–water partition coefficient (Wildman–Crippen LogP) is 1.56. The van der Waals surface area contributed by atoms with Crippen molar-refractivity contribution in [2.45, 2.75) is 19.4 Å². The molecule has 0 aliphatic carbocycles. The topological polar surface area (TPSA) is 66.4 Å². The summed E-state index contributed by atoms with van der Waals surface area (Å²) in [6.07, 6.45) is -0.241. The number of carboxylic acids is 1. The number of benzene rings is 1. The molecule has 1 atom stereocenters. The van der Waals surface area contributed by atoms with Gasteiger partial charge >= 0.3 is 5.97 Å². The minimum atomic E-state index is -1.12. The molecule has 0 bridgehead atoms. The summed E-state index contributed by atoms with van der Waals surface area (Å²) >= 11 is 0. The van der Waals surface area contributed by atoms with Crippen LogP contribution in [0.25, 0.3) is 0 Å². The maximum Gasteiger partial charge on any atom is 0.305 e. The van der Waals surface area contributed by atoms with Crippen LogP contribution < -0.4 is 5.32 Å². The number of halogens is 2. The molecule has 0 spiro atoms. The van der Waals surface area contributed by atoms with Crippen LogP contribution in [0.4, 0.5) is 8.78 Å². The van der Waals surface area contributed by atoms with Crippen molar-refractivity contribution in [2.75, 3.05) is 0 Å². The fourth-order valence-corrected chi connectivity index (χ4v) is 1.26. The van der Waals surface area contributed by atoms with Crippen LogP contribution in [0, 0.1) is 11.6 Å². The number of rotatable bonds is 4. The maximum absolute atomic E-state index is 12.8. The molecule has 6 heteroatoms. The molecule has 1 unspecified atom stereocenters. The van der Waals surface area contributed by atoms with Crippen molar-refractivity contribution in [3.8, 4) is 0 Å². The van der Waals surface area contributed by atoms with Crippen molar-refractivity contribution in [3.63, 3.8) is 0 Å². The molecule has 0 aromatic heterocycles. The van der Waals surface area contributed by atoms with Crippen LogP contribution in [-0.4, -0.2) is 23.0 Å². The van der Waals surface area contributed by atoms with Crippen LogP contribution in [0.5, 0.6) is 0 Å². The van der Waals surface area contributed by atoms with E-state index in [-0.39, 0.29) is 12.0 Å². The van der Waals surface area contributed by atoms with Crippen LogP contribution >= 0.6 is 0 Å². The van der Waals surface area contributed by atoms with Gasteiger partial charge in [0.1, 0.15) is 0 Å². The van der Waals surface area contributed by atoms with Crippen molar-refractivity contribution in [2.24, 2.45) is 0 Å². The first-order chi connectivity index (χ1) is 7.90. The van der Waals surface area contributed by atoms with E-state index in [1.807, 2.05) is 0 Å². The lowest BCUT2D eigenvalue weighted by Gasteiger charge is -2.11. The Balaban J connectivity index is 2.70. The van der Waals surface area contributed by atoms with Gasteiger partial charge in [0, 0.05) is 11.6 Å². The number of carbonyl (C=O) groups is 2. The minimum Gasteiger partial charge on any atom is -0.481 e. The fourth-order valence-electron chi connectivity index (χ4n) is 1.26. The fraction of sp³-hybridized carbons (Fsp3) is 0.273. The summed E-state index contributed by atoms with van der Waals surface area (Å²) in [6, 6.07) is 2.14. The Hall–Kier alpha value is -1.98. The van der Waals surface area contributed by atoms with Gasteiger partial charge in [-0.25, -0.2) is 8.78 Å². The van der Waals surface area contributed by atoms with Crippen molar-refractivity contribution in [3.05, 3.63) is 35.4 Å². The third-order valence-electron chi connectivity index (χ3n) is 2.04. The third kappa shape index (κ3) is 3.82. The highest BCUT2D eigenvalue weighted by atomic mass is 19.2. The first-order valence-corrected chi connectivity index (χ1v) is 4.88. The maximum atomic E-state index is 12.8. The molecule has 0 saturated heterocycles. The number of carbonyl (C=O) groups excluding carboxylic acids is 1. The summed E-state index contributed by atoms with van der Waals surface area (Å²) in [4.78, 5) is 21.9. The molecule has 1 rings (SSSR count). The normalized spacial score (nSPS) is 11.9. The second kappa shape index (κ2) is 5.38. The average molecular weight is 243 g/mol. The highest BCUT2D eigenvalue weighted by Gasteiger charge is 2.14. The predicted molar refractivity (Wildman–Crippen MR) is 55.5 cm³/mol. The van der Waals surface area contributed by atoms with Crippen molar-refractivity contribution < 1.29 is 23.5 Å². The Morgan fingerprint density at radius 1 is 1.35 bits per heavy atom. The summed E-state index contributed by atoms with van der Waals surface area (Å²) in [7, 11) is 0. The summed E-state index contributed by atoms with van der Waals surface area (Å²) in [5, 5.41) is 10.9. The summed E-state index contributed by atoms with van der Waals surface area (Å²) in [5.41, 5.74) is -0.0545. The van der Waals surface area contributed by atoms with E-state index in [0.29, 0.717) is 0 Å². The molecule has 0 aliphatic heterocycles. The minimum absolute atomic E-state index is 0.0545. The zero-order valence-electron chi connectivity index (χ0n) is 9.04. The molecule has 1 aromatic rings. The molecule has 0 radical (unpaired) electrons. The number of amides is 1. The van der Waals surface area contributed by atoms with Crippen molar-refractivity contribution >= 4 is 11.9 Å². The molecule has 2 N–H and O–H groups in total. The van der Waals surface area contributed by atoms with Gasteiger partial charge in [-0.3, -0.25) is 9.59 Å². The lowest BCUT2D eigenvalue weighted by atomic mass is 10.1. The summed E-state index contributed by atoms with van der Waals surface area (Å²) in [5.74, 6) is -3.86. The molecular formula is C11H11F2NO3. The second-order valence-corrected chi connectivity index (χ2v) is 3.60. The zero-order chi connectivity index (χ0) is 13.0. The SMILES string of the molecule is CC(CC(=O)O)NC(=O)c1ccc(F)c(F)c1. The van der Waals surface area contributed by atoms with Crippen LogP contribution in [0.1, 0.15) is 23.7 Å². The van der Waals surface area contributed by atoms with Gasteiger partial charge in [0.05, 0.1) is 6.42 Å². The van der Waals surface area contributed by atoms with E-state index >= 15 is 0 Å².